The Balaban J connectivity index is 2.15. The standard InChI is InChI=1S/C11H18N2O3S2/c1-12-11(14)9-18(15,16)7-5-13-4-2-10-3-6-17-8-10/h3,6,8,13H,2,4-5,7,9H2,1H3,(H,12,14). The zero-order valence-electron chi connectivity index (χ0n) is 10.3. The third kappa shape index (κ3) is 6.13. The van der Waals surface area contributed by atoms with Gasteiger partial charge in [0.15, 0.2) is 9.84 Å². The highest BCUT2D eigenvalue weighted by Crippen LogP contribution is 2.05. The van der Waals surface area contributed by atoms with Gasteiger partial charge in [-0.25, -0.2) is 8.42 Å². The van der Waals surface area contributed by atoms with Gasteiger partial charge in [0.1, 0.15) is 5.75 Å². The third-order valence-corrected chi connectivity index (χ3v) is 4.65. The van der Waals surface area contributed by atoms with E-state index in [0.717, 1.165) is 13.0 Å². The number of carbonyl (C=O) groups is 1. The van der Waals surface area contributed by atoms with Crippen LogP contribution < -0.4 is 10.6 Å². The van der Waals surface area contributed by atoms with E-state index in [2.05, 4.69) is 22.1 Å². The molecule has 1 aromatic rings. The summed E-state index contributed by atoms with van der Waals surface area (Å²) in [6, 6.07) is 2.05. The topological polar surface area (TPSA) is 75.3 Å². The Bertz CT molecular complexity index is 455. The van der Waals surface area contributed by atoms with Gasteiger partial charge in [-0.3, -0.25) is 4.79 Å². The summed E-state index contributed by atoms with van der Waals surface area (Å²) in [6.45, 7) is 1.12. The maximum Gasteiger partial charge on any atom is 0.234 e. The van der Waals surface area contributed by atoms with Crippen LogP contribution in [0.25, 0.3) is 0 Å². The number of rotatable bonds is 8. The SMILES string of the molecule is CNC(=O)CS(=O)(=O)CCNCCc1ccsc1. The fraction of sp³-hybridized carbons (Fsp3) is 0.545. The van der Waals surface area contributed by atoms with Crippen molar-refractivity contribution < 1.29 is 13.2 Å². The summed E-state index contributed by atoms with van der Waals surface area (Å²) in [5, 5.41) is 9.46. The van der Waals surface area contributed by atoms with Crippen molar-refractivity contribution >= 4 is 27.1 Å². The summed E-state index contributed by atoms with van der Waals surface area (Å²) in [4.78, 5) is 11.0. The zero-order chi connectivity index (χ0) is 13.4. The quantitative estimate of drug-likeness (QED) is 0.663. The number of amides is 1. The molecular formula is C11H18N2O3S2. The molecule has 0 fully saturated rings. The molecule has 0 radical (unpaired) electrons. The largest absolute Gasteiger partial charge is 0.358 e. The summed E-state index contributed by atoms with van der Waals surface area (Å²) >= 11 is 1.65. The van der Waals surface area contributed by atoms with Crippen molar-refractivity contribution in [3.05, 3.63) is 22.4 Å². The minimum atomic E-state index is -3.30. The van der Waals surface area contributed by atoms with Crippen LogP contribution in [0.2, 0.25) is 0 Å². The van der Waals surface area contributed by atoms with Gasteiger partial charge in [0.05, 0.1) is 5.75 Å². The molecule has 5 nitrogen and oxygen atoms in total. The van der Waals surface area contributed by atoms with Crippen LogP contribution in [-0.4, -0.2) is 46.0 Å². The van der Waals surface area contributed by atoms with Crippen LogP contribution in [0.1, 0.15) is 5.56 Å². The molecule has 0 aliphatic carbocycles. The van der Waals surface area contributed by atoms with E-state index < -0.39 is 21.5 Å². The molecule has 0 bridgehead atoms. The average molecular weight is 290 g/mol. The average Bonchev–Trinajstić information content (AvgIpc) is 2.80. The summed E-state index contributed by atoms with van der Waals surface area (Å²) < 4.78 is 23.0. The summed E-state index contributed by atoms with van der Waals surface area (Å²) in [5.41, 5.74) is 1.25. The molecule has 0 aromatic carbocycles. The second kappa shape index (κ2) is 7.50. The first kappa shape index (κ1) is 15.1. The zero-order valence-corrected chi connectivity index (χ0v) is 11.9. The van der Waals surface area contributed by atoms with Gasteiger partial charge < -0.3 is 10.6 Å². The fourth-order valence-electron chi connectivity index (χ4n) is 1.36. The highest BCUT2D eigenvalue weighted by molar-refractivity contribution is 7.92. The minimum Gasteiger partial charge on any atom is -0.358 e. The van der Waals surface area contributed by atoms with E-state index in [4.69, 9.17) is 0 Å². The smallest absolute Gasteiger partial charge is 0.234 e. The monoisotopic (exact) mass is 290 g/mol. The lowest BCUT2D eigenvalue weighted by atomic mass is 10.2. The van der Waals surface area contributed by atoms with Crippen molar-refractivity contribution in [1.82, 2.24) is 10.6 Å². The Kier molecular flexibility index (Phi) is 6.31. The van der Waals surface area contributed by atoms with E-state index in [9.17, 15) is 13.2 Å². The van der Waals surface area contributed by atoms with Crippen LogP contribution >= 0.6 is 11.3 Å². The van der Waals surface area contributed by atoms with Crippen molar-refractivity contribution in [1.29, 1.82) is 0 Å². The minimum absolute atomic E-state index is 0.00986. The highest BCUT2D eigenvalue weighted by atomic mass is 32.2. The Labute approximate surface area is 112 Å². The van der Waals surface area contributed by atoms with Gasteiger partial charge in [-0.05, 0) is 35.4 Å². The molecule has 102 valence electrons. The molecule has 7 heteroatoms. The van der Waals surface area contributed by atoms with Crippen LogP contribution in [-0.2, 0) is 21.1 Å². The van der Waals surface area contributed by atoms with E-state index in [1.54, 1.807) is 11.3 Å². The van der Waals surface area contributed by atoms with E-state index in [-0.39, 0.29) is 5.75 Å². The van der Waals surface area contributed by atoms with Gasteiger partial charge in [-0.2, -0.15) is 11.3 Å². The molecule has 2 N–H and O–H groups in total. The molecule has 0 aliphatic rings. The Morgan fingerprint density at radius 3 is 2.78 bits per heavy atom. The number of hydrogen-bond donors (Lipinski definition) is 2. The van der Waals surface area contributed by atoms with E-state index in [0.29, 0.717) is 6.54 Å². The molecule has 1 rings (SSSR count). The molecule has 18 heavy (non-hydrogen) atoms. The van der Waals surface area contributed by atoms with Gasteiger partial charge in [0.25, 0.3) is 0 Å². The lowest BCUT2D eigenvalue weighted by Gasteiger charge is -2.05. The van der Waals surface area contributed by atoms with Gasteiger partial charge in [-0.15, -0.1) is 0 Å². The van der Waals surface area contributed by atoms with E-state index >= 15 is 0 Å². The molecule has 0 aliphatic heterocycles. The maximum atomic E-state index is 11.5. The highest BCUT2D eigenvalue weighted by Gasteiger charge is 2.14. The molecule has 1 heterocycles. The van der Waals surface area contributed by atoms with Gasteiger partial charge in [-0.1, -0.05) is 0 Å². The molecule has 0 atom stereocenters. The predicted molar refractivity (Wildman–Crippen MR) is 73.6 cm³/mol. The van der Waals surface area contributed by atoms with E-state index in [1.165, 1.54) is 12.6 Å². The molecule has 0 saturated carbocycles. The molecule has 0 spiro atoms. The Morgan fingerprint density at radius 2 is 2.17 bits per heavy atom. The lowest BCUT2D eigenvalue weighted by Crippen LogP contribution is -2.32. The van der Waals surface area contributed by atoms with Crippen molar-refractivity contribution in [2.24, 2.45) is 0 Å². The fourth-order valence-corrected chi connectivity index (χ4v) is 3.21. The van der Waals surface area contributed by atoms with Crippen molar-refractivity contribution in [2.75, 3.05) is 31.6 Å². The third-order valence-electron chi connectivity index (χ3n) is 2.39. The van der Waals surface area contributed by atoms with Crippen LogP contribution in [0.15, 0.2) is 16.8 Å². The number of carbonyl (C=O) groups excluding carboxylic acids is 1. The first-order chi connectivity index (χ1) is 8.53. The van der Waals surface area contributed by atoms with Crippen LogP contribution in [0.3, 0.4) is 0 Å². The van der Waals surface area contributed by atoms with Gasteiger partial charge in [0, 0.05) is 13.6 Å². The molecular weight excluding hydrogens is 272 g/mol. The van der Waals surface area contributed by atoms with Gasteiger partial charge >= 0.3 is 0 Å². The molecule has 0 saturated heterocycles. The van der Waals surface area contributed by atoms with Crippen molar-refractivity contribution in [3.8, 4) is 0 Å². The predicted octanol–water partition coefficient (Wildman–Crippen LogP) is 0.0410. The number of thiophene rings is 1. The Morgan fingerprint density at radius 1 is 1.39 bits per heavy atom. The van der Waals surface area contributed by atoms with E-state index in [1.807, 2.05) is 5.38 Å². The maximum absolute atomic E-state index is 11.5. The summed E-state index contributed by atoms with van der Waals surface area (Å²) in [7, 11) is -1.87. The summed E-state index contributed by atoms with van der Waals surface area (Å²) in [5.74, 6) is -0.909. The second-order valence-corrected chi connectivity index (χ2v) is 6.86. The van der Waals surface area contributed by atoms with Gasteiger partial charge in [0.2, 0.25) is 5.91 Å². The number of nitrogens with one attached hydrogen (secondary N) is 2. The molecule has 1 aromatic heterocycles. The lowest BCUT2D eigenvalue weighted by molar-refractivity contribution is -0.118. The van der Waals surface area contributed by atoms with Crippen molar-refractivity contribution in [2.45, 2.75) is 6.42 Å². The second-order valence-electron chi connectivity index (χ2n) is 3.90. The van der Waals surface area contributed by atoms with Crippen LogP contribution in [0.5, 0.6) is 0 Å². The normalized spacial score (nSPS) is 11.4. The van der Waals surface area contributed by atoms with Crippen LogP contribution in [0, 0.1) is 0 Å². The van der Waals surface area contributed by atoms with Crippen molar-refractivity contribution in [3.63, 3.8) is 0 Å². The first-order valence-electron chi connectivity index (χ1n) is 5.66. The summed E-state index contributed by atoms with van der Waals surface area (Å²) in [6.07, 6.45) is 0.888. The number of sulfone groups is 1. The number of hydrogen-bond acceptors (Lipinski definition) is 5. The Hall–Kier alpha value is -0.920. The molecule has 1 amide bonds. The molecule has 0 unspecified atom stereocenters. The first-order valence-corrected chi connectivity index (χ1v) is 8.43. The van der Waals surface area contributed by atoms with Crippen LogP contribution in [0.4, 0.5) is 0 Å².